The molecule has 1 atom stereocenters. The Balaban J connectivity index is 1.78. The molecule has 0 aliphatic heterocycles. The van der Waals surface area contributed by atoms with E-state index in [0.29, 0.717) is 6.42 Å². The normalized spacial score (nSPS) is 12.3. The zero-order chi connectivity index (χ0) is 17.1. The molecule has 1 N–H and O–H groups in total. The number of rotatable bonds is 5. The Hall–Kier alpha value is -2.62. The van der Waals surface area contributed by atoms with Crippen molar-refractivity contribution in [2.45, 2.75) is 39.8 Å². The van der Waals surface area contributed by atoms with Crippen molar-refractivity contribution in [3.63, 3.8) is 0 Å². The molecule has 0 aliphatic carbocycles. The van der Waals surface area contributed by atoms with E-state index in [-0.39, 0.29) is 11.9 Å². The summed E-state index contributed by atoms with van der Waals surface area (Å²) in [6.45, 7) is 6.94. The van der Waals surface area contributed by atoms with Gasteiger partial charge in [-0.3, -0.25) is 4.79 Å². The number of nitrogens with zero attached hydrogens (tertiary/aromatic N) is 2. The fourth-order valence-corrected chi connectivity index (χ4v) is 3.10. The maximum atomic E-state index is 12.4. The van der Waals surface area contributed by atoms with Crippen molar-refractivity contribution >= 4 is 16.9 Å². The third kappa shape index (κ3) is 3.18. The Morgan fingerprint density at radius 3 is 2.62 bits per heavy atom. The van der Waals surface area contributed by atoms with Crippen LogP contribution in [0.25, 0.3) is 11.0 Å². The summed E-state index contributed by atoms with van der Waals surface area (Å²) in [6, 6.07) is 15.9. The number of aryl methyl sites for hydroxylation is 2. The molecule has 124 valence electrons. The van der Waals surface area contributed by atoms with Gasteiger partial charge in [0.15, 0.2) is 0 Å². The zero-order valence-electron chi connectivity index (χ0n) is 14.4. The van der Waals surface area contributed by atoms with Crippen molar-refractivity contribution in [1.82, 2.24) is 14.9 Å². The molecular weight excluding hydrogens is 298 g/mol. The van der Waals surface area contributed by atoms with Crippen molar-refractivity contribution in [1.29, 1.82) is 0 Å². The lowest BCUT2D eigenvalue weighted by Crippen LogP contribution is -2.30. The molecule has 0 fully saturated rings. The lowest BCUT2D eigenvalue weighted by Gasteiger charge is -2.16. The van der Waals surface area contributed by atoms with Gasteiger partial charge in [-0.1, -0.05) is 36.4 Å². The maximum absolute atomic E-state index is 12.4. The number of imidazole rings is 1. The number of carbonyl (C=O) groups excluding carboxylic acids is 1. The van der Waals surface area contributed by atoms with Gasteiger partial charge in [0.25, 0.3) is 0 Å². The second-order valence-corrected chi connectivity index (χ2v) is 6.10. The quantitative estimate of drug-likeness (QED) is 0.777. The number of aromatic nitrogens is 2. The SMILES string of the molecule is CCn1c(C(C)NC(=O)Cc2ccccc2C)nc2ccccc21. The topological polar surface area (TPSA) is 46.9 Å². The van der Waals surface area contributed by atoms with E-state index in [2.05, 4.69) is 22.9 Å². The van der Waals surface area contributed by atoms with Crippen LogP contribution >= 0.6 is 0 Å². The average molecular weight is 321 g/mol. The van der Waals surface area contributed by atoms with E-state index in [0.717, 1.165) is 34.5 Å². The predicted octanol–water partition coefficient (Wildman–Crippen LogP) is 3.78. The highest BCUT2D eigenvalue weighted by atomic mass is 16.1. The summed E-state index contributed by atoms with van der Waals surface area (Å²) in [4.78, 5) is 17.1. The lowest BCUT2D eigenvalue weighted by molar-refractivity contribution is -0.121. The first kappa shape index (κ1) is 16.2. The molecule has 4 nitrogen and oxygen atoms in total. The van der Waals surface area contributed by atoms with Gasteiger partial charge in [0.05, 0.1) is 23.5 Å². The summed E-state index contributed by atoms with van der Waals surface area (Å²) in [5.74, 6) is 0.920. The molecule has 1 heterocycles. The molecule has 1 amide bonds. The van der Waals surface area contributed by atoms with Gasteiger partial charge in [-0.25, -0.2) is 4.98 Å². The summed E-state index contributed by atoms with van der Waals surface area (Å²) < 4.78 is 2.16. The fourth-order valence-electron chi connectivity index (χ4n) is 3.10. The van der Waals surface area contributed by atoms with Crippen LogP contribution in [0.3, 0.4) is 0 Å². The largest absolute Gasteiger partial charge is 0.346 e. The number of nitrogens with one attached hydrogen (secondary N) is 1. The van der Waals surface area contributed by atoms with Crippen LogP contribution in [0.1, 0.15) is 36.8 Å². The van der Waals surface area contributed by atoms with Gasteiger partial charge in [-0.2, -0.15) is 0 Å². The molecule has 1 aromatic heterocycles. The summed E-state index contributed by atoms with van der Waals surface area (Å²) in [5.41, 5.74) is 4.27. The van der Waals surface area contributed by atoms with Gasteiger partial charge in [0.1, 0.15) is 5.82 Å². The fraction of sp³-hybridized carbons (Fsp3) is 0.300. The van der Waals surface area contributed by atoms with Crippen LogP contribution in [0.2, 0.25) is 0 Å². The Morgan fingerprint density at radius 1 is 1.17 bits per heavy atom. The van der Waals surface area contributed by atoms with E-state index in [9.17, 15) is 4.79 Å². The summed E-state index contributed by atoms with van der Waals surface area (Å²) in [6.07, 6.45) is 0.392. The smallest absolute Gasteiger partial charge is 0.225 e. The van der Waals surface area contributed by atoms with Crippen molar-refractivity contribution in [3.05, 3.63) is 65.5 Å². The third-order valence-corrected chi connectivity index (χ3v) is 4.38. The molecule has 2 aromatic carbocycles. The molecule has 0 spiro atoms. The number of amides is 1. The molecule has 0 saturated heterocycles. The Labute approximate surface area is 142 Å². The van der Waals surface area contributed by atoms with Crippen LogP contribution in [-0.4, -0.2) is 15.5 Å². The van der Waals surface area contributed by atoms with Crippen LogP contribution in [0.5, 0.6) is 0 Å². The maximum Gasteiger partial charge on any atom is 0.225 e. The summed E-state index contributed by atoms with van der Waals surface area (Å²) in [5, 5.41) is 3.09. The van der Waals surface area contributed by atoms with Gasteiger partial charge in [-0.15, -0.1) is 0 Å². The van der Waals surface area contributed by atoms with Gasteiger partial charge in [0, 0.05) is 6.54 Å². The predicted molar refractivity (Wildman–Crippen MR) is 96.8 cm³/mol. The van der Waals surface area contributed by atoms with E-state index in [4.69, 9.17) is 4.98 Å². The molecule has 0 radical (unpaired) electrons. The van der Waals surface area contributed by atoms with Crippen molar-refractivity contribution in [2.24, 2.45) is 0 Å². The van der Waals surface area contributed by atoms with E-state index in [1.165, 1.54) is 0 Å². The second-order valence-electron chi connectivity index (χ2n) is 6.10. The van der Waals surface area contributed by atoms with Crippen molar-refractivity contribution < 1.29 is 4.79 Å². The zero-order valence-corrected chi connectivity index (χ0v) is 14.4. The number of fused-ring (bicyclic) bond motifs is 1. The van der Waals surface area contributed by atoms with E-state index < -0.39 is 0 Å². The highest BCUT2D eigenvalue weighted by Gasteiger charge is 2.17. The molecule has 4 heteroatoms. The Bertz CT molecular complexity index is 866. The van der Waals surface area contributed by atoms with Crippen molar-refractivity contribution in [2.75, 3.05) is 0 Å². The van der Waals surface area contributed by atoms with E-state index in [1.807, 2.05) is 56.3 Å². The summed E-state index contributed by atoms with van der Waals surface area (Å²) >= 11 is 0. The van der Waals surface area contributed by atoms with Crippen LogP contribution in [0.15, 0.2) is 48.5 Å². The van der Waals surface area contributed by atoms with Crippen LogP contribution in [0, 0.1) is 6.92 Å². The van der Waals surface area contributed by atoms with Gasteiger partial charge >= 0.3 is 0 Å². The number of carbonyl (C=O) groups is 1. The molecule has 0 aliphatic rings. The third-order valence-electron chi connectivity index (χ3n) is 4.38. The first-order valence-corrected chi connectivity index (χ1v) is 8.39. The number of para-hydroxylation sites is 2. The Morgan fingerprint density at radius 2 is 1.88 bits per heavy atom. The number of benzene rings is 2. The monoisotopic (exact) mass is 321 g/mol. The standard InChI is InChI=1S/C20H23N3O/c1-4-23-18-12-8-7-11-17(18)22-20(23)15(3)21-19(24)13-16-10-6-5-9-14(16)2/h5-12,15H,4,13H2,1-3H3,(H,21,24). The number of hydrogen-bond acceptors (Lipinski definition) is 2. The minimum absolute atomic E-state index is 0.0199. The Kier molecular flexibility index (Phi) is 4.65. The molecule has 24 heavy (non-hydrogen) atoms. The average Bonchev–Trinajstić information content (AvgIpc) is 2.95. The van der Waals surface area contributed by atoms with E-state index in [1.54, 1.807) is 0 Å². The van der Waals surface area contributed by atoms with Gasteiger partial charge in [0.2, 0.25) is 5.91 Å². The van der Waals surface area contributed by atoms with Crippen molar-refractivity contribution in [3.8, 4) is 0 Å². The van der Waals surface area contributed by atoms with Crippen LogP contribution < -0.4 is 5.32 Å². The lowest BCUT2D eigenvalue weighted by atomic mass is 10.1. The van der Waals surface area contributed by atoms with Crippen LogP contribution in [-0.2, 0) is 17.8 Å². The van der Waals surface area contributed by atoms with Gasteiger partial charge < -0.3 is 9.88 Å². The minimum atomic E-state index is -0.131. The first-order chi connectivity index (χ1) is 11.6. The molecule has 1 unspecified atom stereocenters. The highest BCUT2D eigenvalue weighted by molar-refractivity contribution is 5.80. The molecule has 3 aromatic rings. The first-order valence-electron chi connectivity index (χ1n) is 8.39. The molecule has 0 saturated carbocycles. The van der Waals surface area contributed by atoms with Crippen LogP contribution in [0.4, 0.5) is 0 Å². The number of hydrogen-bond donors (Lipinski definition) is 1. The molecule has 0 bridgehead atoms. The minimum Gasteiger partial charge on any atom is -0.346 e. The van der Waals surface area contributed by atoms with Gasteiger partial charge in [-0.05, 0) is 44.0 Å². The summed E-state index contributed by atoms with van der Waals surface area (Å²) in [7, 11) is 0. The highest BCUT2D eigenvalue weighted by Crippen LogP contribution is 2.20. The molecule has 3 rings (SSSR count). The van der Waals surface area contributed by atoms with E-state index >= 15 is 0 Å². The second kappa shape index (κ2) is 6.87. The molecular formula is C20H23N3O.